The third kappa shape index (κ3) is 2.79. The number of benzene rings is 1. The number of nitrogens with zero attached hydrogens (tertiary/aromatic N) is 1. The van der Waals surface area contributed by atoms with Gasteiger partial charge in [0.25, 0.3) is 0 Å². The molecule has 0 aliphatic carbocycles. The topological polar surface area (TPSA) is 57.2 Å². The van der Waals surface area contributed by atoms with Crippen LogP contribution in [-0.4, -0.2) is 35.8 Å². The Balaban J connectivity index is 1.70. The Morgan fingerprint density at radius 1 is 1.35 bits per heavy atom. The van der Waals surface area contributed by atoms with Crippen molar-refractivity contribution in [2.45, 2.75) is 12.6 Å². The molecule has 4 nitrogen and oxygen atoms in total. The Morgan fingerprint density at radius 3 is 3.05 bits per heavy atom. The molecule has 1 fully saturated rings. The monoisotopic (exact) mass is 291 g/mol. The molecule has 5 heteroatoms. The summed E-state index contributed by atoms with van der Waals surface area (Å²) in [4.78, 5) is 4.42. The summed E-state index contributed by atoms with van der Waals surface area (Å²) < 4.78 is 0. The van der Waals surface area contributed by atoms with Crippen LogP contribution in [0.3, 0.4) is 0 Å². The molecule has 20 heavy (non-hydrogen) atoms. The van der Waals surface area contributed by atoms with Gasteiger partial charge in [0.15, 0.2) is 0 Å². The van der Waals surface area contributed by atoms with Crippen LogP contribution in [0.2, 0.25) is 5.02 Å². The first kappa shape index (κ1) is 13.8. The number of pyridine rings is 1. The molecule has 0 bridgehead atoms. The van der Waals surface area contributed by atoms with Gasteiger partial charge in [-0.05, 0) is 23.8 Å². The minimum absolute atomic E-state index is 0.248. The highest BCUT2D eigenvalue weighted by molar-refractivity contribution is 6.35. The first-order valence-corrected chi connectivity index (χ1v) is 7.25. The molecule has 2 aromatic rings. The second kappa shape index (κ2) is 6.06. The third-order valence-corrected chi connectivity index (χ3v) is 4.16. The summed E-state index contributed by atoms with van der Waals surface area (Å²) in [6.45, 7) is 3.09. The van der Waals surface area contributed by atoms with Gasteiger partial charge >= 0.3 is 0 Å². The lowest BCUT2D eigenvalue weighted by Crippen LogP contribution is -2.30. The third-order valence-electron chi connectivity index (χ3n) is 3.83. The smallest absolute Gasteiger partial charge is 0.0761 e. The molecule has 3 N–H and O–H groups in total. The Bertz CT molecular complexity index is 605. The van der Waals surface area contributed by atoms with Crippen molar-refractivity contribution in [3.05, 3.63) is 41.0 Å². The standard InChI is InChI=1S/C15H18ClN3O/c16-13-4-3-10(15-12(13)2-1-5-19-15)6-17-7-11-8-18-9-14(11)20/h1-5,11,14,17-18,20H,6-9H2. The molecule has 106 valence electrons. The molecule has 1 aliphatic rings. The van der Waals surface area contributed by atoms with E-state index >= 15 is 0 Å². The summed E-state index contributed by atoms with van der Waals surface area (Å²) in [5, 5.41) is 18.1. The molecule has 2 unspecified atom stereocenters. The van der Waals surface area contributed by atoms with Gasteiger partial charge in [-0.1, -0.05) is 17.7 Å². The predicted octanol–water partition coefficient (Wildman–Crippen LogP) is 1.56. The summed E-state index contributed by atoms with van der Waals surface area (Å²) in [5.41, 5.74) is 2.07. The molecular weight excluding hydrogens is 274 g/mol. The fourth-order valence-electron chi connectivity index (χ4n) is 2.66. The minimum atomic E-state index is -0.248. The van der Waals surface area contributed by atoms with E-state index in [4.69, 9.17) is 11.6 Å². The minimum Gasteiger partial charge on any atom is -0.391 e. The van der Waals surface area contributed by atoms with E-state index in [-0.39, 0.29) is 12.0 Å². The Hall–Kier alpha value is -1.20. The summed E-state index contributed by atoms with van der Waals surface area (Å²) in [6, 6.07) is 7.80. The molecule has 0 radical (unpaired) electrons. The van der Waals surface area contributed by atoms with Crippen LogP contribution in [0.15, 0.2) is 30.5 Å². The maximum atomic E-state index is 9.76. The van der Waals surface area contributed by atoms with E-state index in [9.17, 15) is 5.11 Å². The van der Waals surface area contributed by atoms with E-state index in [1.54, 1.807) is 6.20 Å². The van der Waals surface area contributed by atoms with Crippen LogP contribution in [0, 0.1) is 5.92 Å². The molecule has 2 atom stereocenters. The van der Waals surface area contributed by atoms with Gasteiger partial charge in [-0.25, -0.2) is 0 Å². The molecule has 3 rings (SSSR count). The van der Waals surface area contributed by atoms with Crippen LogP contribution >= 0.6 is 11.6 Å². The van der Waals surface area contributed by atoms with Gasteiger partial charge < -0.3 is 15.7 Å². The molecule has 0 spiro atoms. The SMILES string of the molecule is OC1CNCC1CNCc1ccc(Cl)c2cccnc12. The number of hydrogen-bond acceptors (Lipinski definition) is 4. The van der Waals surface area contributed by atoms with Crippen molar-refractivity contribution in [2.24, 2.45) is 5.92 Å². The average Bonchev–Trinajstić information content (AvgIpc) is 2.87. The number of hydrogen-bond donors (Lipinski definition) is 3. The van der Waals surface area contributed by atoms with E-state index in [1.165, 1.54) is 0 Å². The van der Waals surface area contributed by atoms with Crippen LogP contribution in [-0.2, 0) is 6.54 Å². The lowest BCUT2D eigenvalue weighted by atomic mass is 10.1. The number of halogens is 1. The maximum Gasteiger partial charge on any atom is 0.0761 e. The van der Waals surface area contributed by atoms with Crippen molar-refractivity contribution in [1.29, 1.82) is 0 Å². The van der Waals surface area contributed by atoms with Crippen molar-refractivity contribution >= 4 is 22.5 Å². The number of aliphatic hydroxyl groups excluding tert-OH is 1. The molecule has 1 aliphatic heterocycles. The van der Waals surface area contributed by atoms with Crippen molar-refractivity contribution in [2.75, 3.05) is 19.6 Å². The Kier molecular flexibility index (Phi) is 4.17. The number of β-amino-alcohol motifs (C(OH)–C–C–N with tert-alkyl or cyclic N) is 1. The van der Waals surface area contributed by atoms with Crippen LogP contribution in [0.4, 0.5) is 0 Å². The lowest BCUT2D eigenvalue weighted by molar-refractivity contribution is 0.146. The Morgan fingerprint density at radius 2 is 2.25 bits per heavy atom. The normalized spacial score (nSPS) is 22.5. The predicted molar refractivity (Wildman–Crippen MR) is 80.8 cm³/mol. The highest BCUT2D eigenvalue weighted by Gasteiger charge is 2.24. The first-order valence-electron chi connectivity index (χ1n) is 6.87. The number of aromatic nitrogens is 1. The molecule has 1 saturated heterocycles. The summed E-state index contributed by atoms with van der Waals surface area (Å²) in [6.07, 6.45) is 1.54. The fourth-order valence-corrected chi connectivity index (χ4v) is 2.87. The largest absolute Gasteiger partial charge is 0.391 e. The van der Waals surface area contributed by atoms with Crippen molar-refractivity contribution < 1.29 is 5.11 Å². The van der Waals surface area contributed by atoms with E-state index in [1.807, 2.05) is 24.3 Å². The van der Waals surface area contributed by atoms with E-state index < -0.39 is 0 Å². The average molecular weight is 292 g/mol. The first-order chi connectivity index (χ1) is 9.75. The van der Waals surface area contributed by atoms with Gasteiger partial charge in [0.05, 0.1) is 11.6 Å². The van der Waals surface area contributed by atoms with Crippen LogP contribution < -0.4 is 10.6 Å². The number of rotatable bonds is 4. The summed E-state index contributed by atoms with van der Waals surface area (Å²) >= 11 is 6.18. The van der Waals surface area contributed by atoms with Crippen molar-refractivity contribution in [1.82, 2.24) is 15.6 Å². The number of fused-ring (bicyclic) bond motifs is 1. The summed E-state index contributed by atoms with van der Waals surface area (Å²) in [5.74, 6) is 0.279. The highest BCUT2D eigenvalue weighted by Crippen LogP contribution is 2.24. The number of nitrogens with one attached hydrogen (secondary N) is 2. The zero-order valence-corrected chi connectivity index (χ0v) is 11.9. The second-order valence-electron chi connectivity index (χ2n) is 5.22. The Labute approximate surface area is 123 Å². The lowest BCUT2D eigenvalue weighted by Gasteiger charge is -2.14. The molecule has 2 heterocycles. The molecule has 0 amide bonds. The van der Waals surface area contributed by atoms with E-state index in [0.29, 0.717) is 6.54 Å². The molecule has 0 saturated carbocycles. The van der Waals surface area contributed by atoms with E-state index in [0.717, 1.165) is 41.1 Å². The fraction of sp³-hybridized carbons (Fsp3) is 0.400. The quantitative estimate of drug-likeness (QED) is 0.800. The maximum absolute atomic E-state index is 9.76. The van der Waals surface area contributed by atoms with Crippen LogP contribution in [0.5, 0.6) is 0 Å². The zero-order valence-electron chi connectivity index (χ0n) is 11.1. The second-order valence-corrected chi connectivity index (χ2v) is 5.63. The molecular formula is C15H18ClN3O. The van der Waals surface area contributed by atoms with Gasteiger partial charge in [0.1, 0.15) is 0 Å². The van der Waals surface area contributed by atoms with Gasteiger partial charge in [0.2, 0.25) is 0 Å². The zero-order chi connectivity index (χ0) is 13.9. The van der Waals surface area contributed by atoms with Crippen molar-refractivity contribution in [3.8, 4) is 0 Å². The number of aliphatic hydroxyl groups is 1. The van der Waals surface area contributed by atoms with Gasteiger partial charge in [0, 0.05) is 48.7 Å². The van der Waals surface area contributed by atoms with Gasteiger partial charge in [-0.2, -0.15) is 0 Å². The summed E-state index contributed by atoms with van der Waals surface area (Å²) in [7, 11) is 0. The van der Waals surface area contributed by atoms with E-state index in [2.05, 4.69) is 15.6 Å². The van der Waals surface area contributed by atoms with Crippen LogP contribution in [0.1, 0.15) is 5.56 Å². The molecule has 1 aromatic heterocycles. The highest BCUT2D eigenvalue weighted by atomic mass is 35.5. The molecule has 1 aromatic carbocycles. The van der Waals surface area contributed by atoms with Crippen molar-refractivity contribution in [3.63, 3.8) is 0 Å². The van der Waals surface area contributed by atoms with Gasteiger partial charge in [-0.15, -0.1) is 0 Å². The van der Waals surface area contributed by atoms with Gasteiger partial charge in [-0.3, -0.25) is 4.98 Å². The van der Waals surface area contributed by atoms with Crippen LogP contribution in [0.25, 0.3) is 10.9 Å².